The summed E-state index contributed by atoms with van der Waals surface area (Å²) < 4.78 is 12.1. The van der Waals surface area contributed by atoms with Gasteiger partial charge in [-0.05, 0) is 39.0 Å². The van der Waals surface area contributed by atoms with Crippen LogP contribution in [-0.2, 0) is 9.47 Å². The Labute approximate surface area is 79.6 Å². The molecule has 0 amide bonds. The maximum Gasteiger partial charge on any atom is 0.0971 e. The molecule has 3 fully saturated rings. The van der Waals surface area contributed by atoms with Crippen LogP contribution in [0.2, 0.25) is 0 Å². The van der Waals surface area contributed by atoms with Crippen LogP contribution in [0.3, 0.4) is 0 Å². The van der Waals surface area contributed by atoms with Gasteiger partial charge in [0.25, 0.3) is 0 Å². The van der Waals surface area contributed by atoms with Gasteiger partial charge in [0.05, 0.1) is 23.9 Å². The maximum absolute atomic E-state index is 6.14. The normalized spacial score (nSPS) is 54.7. The Bertz CT molecular complexity index is 216. The molecule has 2 aliphatic heterocycles. The van der Waals surface area contributed by atoms with Crippen LogP contribution in [0.4, 0.5) is 0 Å². The van der Waals surface area contributed by atoms with E-state index in [4.69, 9.17) is 9.47 Å². The van der Waals surface area contributed by atoms with Crippen LogP contribution in [0.15, 0.2) is 0 Å². The number of fused-ring (bicyclic) bond motifs is 1. The van der Waals surface area contributed by atoms with Crippen molar-refractivity contribution in [2.75, 3.05) is 0 Å². The third-order valence-electron chi connectivity index (χ3n) is 3.91. The fraction of sp³-hybridized carbons (Fsp3) is 1.00. The Kier molecular flexibility index (Phi) is 1.72. The first-order chi connectivity index (χ1) is 6.28. The van der Waals surface area contributed by atoms with Crippen molar-refractivity contribution in [1.29, 1.82) is 0 Å². The van der Waals surface area contributed by atoms with E-state index in [0.29, 0.717) is 18.3 Å². The molecule has 2 heteroatoms. The molecule has 13 heavy (non-hydrogen) atoms. The van der Waals surface area contributed by atoms with Gasteiger partial charge < -0.3 is 9.47 Å². The van der Waals surface area contributed by atoms with Gasteiger partial charge in [-0.2, -0.15) is 0 Å². The molecule has 2 heterocycles. The molecule has 3 aliphatic rings. The molecule has 74 valence electrons. The topological polar surface area (TPSA) is 18.5 Å². The molecule has 0 aromatic heterocycles. The van der Waals surface area contributed by atoms with Crippen molar-refractivity contribution in [2.45, 2.75) is 69.4 Å². The largest absolute Gasteiger partial charge is 0.372 e. The van der Waals surface area contributed by atoms with Crippen molar-refractivity contribution in [3.8, 4) is 0 Å². The summed E-state index contributed by atoms with van der Waals surface area (Å²) in [5.74, 6) is 0. The smallest absolute Gasteiger partial charge is 0.0971 e. The van der Waals surface area contributed by atoms with Crippen molar-refractivity contribution in [3.63, 3.8) is 0 Å². The van der Waals surface area contributed by atoms with Crippen LogP contribution >= 0.6 is 0 Å². The zero-order chi connectivity index (χ0) is 8.89. The molecule has 4 atom stereocenters. The van der Waals surface area contributed by atoms with Crippen molar-refractivity contribution >= 4 is 0 Å². The molecule has 3 rings (SSSR count). The summed E-state index contributed by atoms with van der Waals surface area (Å²) in [6.07, 6.45) is 8.76. The van der Waals surface area contributed by atoms with Gasteiger partial charge in [0.2, 0.25) is 0 Å². The molecule has 0 aromatic carbocycles. The van der Waals surface area contributed by atoms with Crippen LogP contribution in [0.25, 0.3) is 0 Å². The number of hydrogen-bond acceptors (Lipinski definition) is 2. The lowest BCUT2D eigenvalue weighted by Gasteiger charge is -2.41. The Hall–Kier alpha value is -0.0800. The Balaban J connectivity index is 1.87. The van der Waals surface area contributed by atoms with Gasteiger partial charge in [-0.15, -0.1) is 0 Å². The van der Waals surface area contributed by atoms with E-state index in [1.165, 1.54) is 38.5 Å². The molecule has 2 saturated heterocycles. The van der Waals surface area contributed by atoms with E-state index in [-0.39, 0.29) is 5.60 Å². The molecule has 1 aliphatic carbocycles. The molecule has 4 unspecified atom stereocenters. The first-order valence-electron chi connectivity index (χ1n) is 5.62. The first kappa shape index (κ1) is 8.25. The lowest BCUT2D eigenvalue weighted by atomic mass is 9.79. The minimum absolute atomic E-state index is 0.139. The molecule has 0 N–H and O–H groups in total. The summed E-state index contributed by atoms with van der Waals surface area (Å²) in [6.45, 7) is 2.20. The molecular weight excluding hydrogens is 164 g/mol. The van der Waals surface area contributed by atoms with Gasteiger partial charge >= 0.3 is 0 Å². The Morgan fingerprint density at radius 1 is 1.23 bits per heavy atom. The third kappa shape index (κ3) is 1.15. The van der Waals surface area contributed by atoms with Crippen LogP contribution in [-0.4, -0.2) is 23.9 Å². The minimum atomic E-state index is 0.139. The molecule has 0 aromatic rings. The van der Waals surface area contributed by atoms with Gasteiger partial charge in [0.15, 0.2) is 0 Å². The quantitative estimate of drug-likeness (QED) is 0.572. The number of hydrogen-bond donors (Lipinski definition) is 0. The highest BCUT2D eigenvalue weighted by atomic mass is 16.6. The van der Waals surface area contributed by atoms with Crippen LogP contribution in [0.5, 0.6) is 0 Å². The van der Waals surface area contributed by atoms with E-state index < -0.39 is 0 Å². The molecular formula is C11H18O2. The van der Waals surface area contributed by atoms with Crippen LogP contribution in [0.1, 0.15) is 45.4 Å². The van der Waals surface area contributed by atoms with Gasteiger partial charge in [0, 0.05) is 6.42 Å². The van der Waals surface area contributed by atoms with E-state index in [0.717, 1.165) is 0 Å². The Morgan fingerprint density at radius 3 is 3.08 bits per heavy atom. The summed E-state index contributed by atoms with van der Waals surface area (Å²) in [6, 6.07) is 0. The summed E-state index contributed by atoms with van der Waals surface area (Å²) >= 11 is 0. The van der Waals surface area contributed by atoms with E-state index in [2.05, 4.69) is 6.92 Å². The molecule has 0 radical (unpaired) electrons. The van der Waals surface area contributed by atoms with E-state index >= 15 is 0 Å². The summed E-state index contributed by atoms with van der Waals surface area (Å²) in [5.41, 5.74) is 0.139. The molecule has 1 saturated carbocycles. The van der Waals surface area contributed by atoms with Crippen molar-refractivity contribution in [1.82, 2.24) is 0 Å². The second-order valence-electron chi connectivity index (χ2n) is 4.91. The molecule has 2 bridgehead atoms. The fourth-order valence-electron chi connectivity index (χ4n) is 3.34. The Morgan fingerprint density at radius 2 is 2.15 bits per heavy atom. The average Bonchev–Trinajstić information content (AvgIpc) is 2.34. The minimum Gasteiger partial charge on any atom is -0.372 e. The highest BCUT2D eigenvalue weighted by Gasteiger charge is 2.53. The van der Waals surface area contributed by atoms with Gasteiger partial charge in [-0.25, -0.2) is 0 Å². The van der Waals surface area contributed by atoms with Crippen LogP contribution < -0.4 is 0 Å². The average molecular weight is 182 g/mol. The van der Waals surface area contributed by atoms with Gasteiger partial charge in [-0.1, -0.05) is 0 Å². The summed E-state index contributed by atoms with van der Waals surface area (Å²) in [7, 11) is 0. The van der Waals surface area contributed by atoms with Gasteiger partial charge in [0.1, 0.15) is 0 Å². The number of ether oxygens (including phenoxy) is 2. The second-order valence-corrected chi connectivity index (χ2v) is 4.91. The van der Waals surface area contributed by atoms with E-state index in [9.17, 15) is 0 Å². The zero-order valence-corrected chi connectivity index (χ0v) is 8.29. The highest BCUT2D eigenvalue weighted by Crippen LogP contribution is 2.48. The lowest BCUT2D eigenvalue weighted by molar-refractivity contribution is -0.159. The van der Waals surface area contributed by atoms with Crippen LogP contribution in [0, 0.1) is 0 Å². The highest BCUT2D eigenvalue weighted by molar-refractivity contribution is 5.03. The summed E-state index contributed by atoms with van der Waals surface area (Å²) in [4.78, 5) is 0. The number of rotatable bonds is 0. The fourth-order valence-corrected chi connectivity index (χ4v) is 3.34. The van der Waals surface area contributed by atoms with Crippen molar-refractivity contribution in [3.05, 3.63) is 0 Å². The van der Waals surface area contributed by atoms with Crippen molar-refractivity contribution in [2.24, 2.45) is 0 Å². The monoisotopic (exact) mass is 182 g/mol. The van der Waals surface area contributed by atoms with E-state index in [1.54, 1.807) is 0 Å². The lowest BCUT2D eigenvalue weighted by Crippen LogP contribution is -2.48. The van der Waals surface area contributed by atoms with E-state index in [1.807, 2.05) is 0 Å². The first-order valence-corrected chi connectivity index (χ1v) is 5.62. The maximum atomic E-state index is 6.14. The predicted molar refractivity (Wildman–Crippen MR) is 49.6 cm³/mol. The van der Waals surface area contributed by atoms with Crippen molar-refractivity contribution < 1.29 is 9.47 Å². The molecule has 2 nitrogen and oxygen atoms in total. The van der Waals surface area contributed by atoms with Gasteiger partial charge in [-0.3, -0.25) is 0 Å². The summed E-state index contributed by atoms with van der Waals surface area (Å²) in [5, 5.41) is 0. The molecule has 1 spiro atoms. The second kappa shape index (κ2) is 2.71. The standard InChI is InChI=1S/C11H18O2/c1-8-4-5-10-11(13-8)6-2-3-9(7-11)12-10/h8-10H,2-7H2,1H3. The predicted octanol–water partition coefficient (Wildman–Crippen LogP) is 2.27. The SMILES string of the molecule is CC1CCC2OC3CCCC2(C3)O1. The third-order valence-corrected chi connectivity index (χ3v) is 3.91. The zero-order valence-electron chi connectivity index (χ0n) is 8.29.